The van der Waals surface area contributed by atoms with E-state index >= 15 is 0 Å². The molecule has 6 aromatic carbocycles. The number of carboxylic acids is 6. The molecule has 30 nitrogen and oxygen atoms in total. The maximum atomic E-state index is 10.2. The van der Waals surface area contributed by atoms with Gasteiger partial charge in [-0.3, -0.25) is 0 Å². The molecule has 0 aromatic heterocycles. The summed E-state index contributed by atoms with van der Waals surface area (Å²) in [6.07, 6.45) is 0. The number of carbonyl (C=O) groups excluding carboxylic acids is 6. The van der Waals surface area contributed by atoms with Crippen LogP contribution >= 0.6 is 0 Å². The number of aliphatic hydroxyl groups excluding tert-OH is 2. The van der Waals surface area contributed by atoms with Crippen LogP contribution < -0.4 is 51.1 Å². The van der Waals surface area contributed by atoms with Crippen molar-refractivity contribution in [3.8, 4) is 48.6 Å². The van der Waals surface area contributed by atoms with Gasteiger partial charge < -0.3 is 111 Å². The number of rotatable bonds is 18. The minimum atomic E-state index is -1.26. The molecule has 0 bridgehead atoms. The van der Waals surface area contributed by atoms with Gasteiger partial charge in [-0.1, -0.05) is 72.8 Å². The van der Waals surface area contributed by atoms with Crippen molar-refractivity contribution in [2.45, 2.75) is 13.8 Å². The number of nitrogens with zero attached hydrogens (tertiary/aromatic N) is 10. The zero-order valence-electron chi connectivity index (χ0n) is 51.5. The first-order chi connectivity index (χ1) is 43.9. The topological polar surface area (TPSA) is 630 Å². The quantitative estimate of drug-likeness (QED) is 0.0757. The van der Waals surface area contributed by atoms with Gasteiger partial charge >= 0.3 is 110 Å². The Morgan fingerprint density at radius 1 is 0.327 bits per heavy atom. The van der Waals surface area contributed by atoms with Crippen LogP contribution in [0.15, 0.2) is 146 Å². The number of nitriles is 8. The number of carboxylic acid groups (broad SMARTS) is 6. The fraction of sp³-hybridized carbons (Fsp3) is 0.219. The van der Waals surface area contributed by atoms with Gasteiger partial charge in [0.25, 0.3) is 0 Å². The molecular formula is C64H58Dy2Fe2N10O20. The molecule has 4 radical (unpaired) electrons. The molecule has 34 heteroatoms. The fourth-order valence-corrected chi connectivity index (χ4v) is 5.76. The van der Waals surface area contributed by atoms with Crippen molar-refractivity contribution in [1.82, 2.24) is 9.80 Å². The Morgan fingerprint density at radius 3 is 0.551 bits per heavy atom. The fourth-order valence-electron chi connectivity index (χ4n) is 5.76. The van der Waals surface area contributed by atoms with Crippen molar-refractivity contribution in [3.05, 3.63) is 212 Å². The average Bonchev–Trinajstić information content (AvgIpc) is 1.09. The molecule has 0 spiro atoms. The summed E-state index contributed by atoms with van der Waals surface area (Å²) < 4.78 is 0. The summed E-state index contributed by atoms with van der Waals surface area (Å²) in [5, 5.41) is 184. The van der Waals surface area contributed by atoms with Crippen LogP contribution in [0, 0.1) is 167 Å². The van der Waals surface area contributed by atoms with Gasteiger partial charge in [-0.2, -0.15) is 42.1 Å². The van der Waals surface area contributed by atoms with Crippen molar-refractivity contribution >= 4 is 35.8 Å². The van der Waals surface area contributed by atoms with E-state index in [-0.39, 0.29) is 194 Å². The van der Waals surface area contributed by atoms with Crippen molar-refractivity contribution < 1.29 is 211 Å². The van der Waals surface area contributed by atoms with Gasteiger partial charge in [0, 0.05) is 26.9 Å². The van der Waals surface area contributed by atoms with Gasteiger partial charge in [0.2, 0.25) is 0 Å². The SMILES string of the molecule is CC#N.CC#N.N#Cc1cccc(C(=O)[O-])c1.N#Cc1cccc(C(=O)[O-])c1.N#Cc1cccc(C(=O)[O-])c1.N#Cc1cccc(C(=O)[O-])c1.N#Cc1cccc(C(=O)[O-])c1.N#Cc1cccc(C(=O)[O-])c1.[Dy+3].[Dy+3].[Fe+3].[Fe+3].[O-]CCN(CC[O-])CCO.[O-]CCN(CC[O-])CCO.[OH-].[OH-]. The first kappa shape index (κ1) is 111. The van der Waals surface area contributed by atoms with Gasteiger partial charge in [-0.25, -0.2) is 0 Å². The Hall–Kier alpha value is -8.76. The minimum absolute atomic E-state index is 0. The van der Waals surface area contributed by atoms with E-state index < -0.39 is 35.8 Å². The van der Waals surface area contributed by atoms with E-state index in [1.54, 1.807) is 21.9 Å². The molecule has 0 saturated carbocycles. The summed E-state index contributed by atoms with van der Waals surface area (Å²) >= 11 is 0. The summed E-state index contributed by atoms with van der Waals surface area (Å²) in [5.41, 5.74) is 2.14. The summed E-state index contributed by atoms with van der Waals surface area (Å²) in [7, 11) is 0. The molecule has 6 aromatic rings. The summed E-state index contributed by atoms with van der Waals surface area (Å²) in [6, 6.07) is 48.7. The predicted molar refractivity (Wildman–Crippen MR) is 306 cm³/mol. The van der Waals surface area contributed by atoms with Crippen LogP contribution in [0.2, 0.25) is 0 Å². The zero-order valence-corrected chi connectivity index (χ0v) is 57.7. The van der Waals surface area contributed by atoms with Crippen molar-refractivity contribution in [2.24, 2.45) is 0 Å². The van der Waals surface area contributed by atoms with E-state index in [1.807, 2.05) is 36.4 Å². The van der Waals surface area contributed by atoms with Gasteiger partial charge in [-0.05, 0) is 132 Å². The third kappa shape index (κ3) is 58.6. The second-order valence-electron chi connectivity index (χ2n) is 16.3. The molecule has 98 heavy (non-hydrogen) atoms. The monoisotopic (exact) mass is 1730 g/mol. The van der Waals surface area contributed by atoms with Crippen LogP contribution in [-0.2, 0) is 34.1 Å². The predicted octanol–water partition coefficient (Wildman–Crippen LogP) is -5.77. The van der Waals surface area contributed by atoms with Gasteiger partial charge in [0.05, 0.1) is 131 Å². The van der Waals surface area contributed by atoms with Crippen LogP contribution in [0.1, 0.15) is 109 Å². The molecule has 0 saturated heterocycles. The van der Waals surface area contributed by atoms with Gasteiger partial charge in [-0.15, -0.1) is 26.4 Å². The van der Waals surface area contributed by atoms with Gasteiger partial charge in [0.1, 0.15) is 0 Å². The molecule has 4 N–H and O–H groups in total. The Kier molecular flexibility index (Phi) is 83.6. The van der Waals surface area contributed by atoms with Crippen LogP contribution in [0.4, 0.5) is 0 Å². The largest absolute Gasteiger partial charge is 3.00 e. The van der Waals surface area contributed by atoms with Crippen LogP contribution in [0.3, 0.4) is 0 Å². The minimum Gasteiger partial charge on any atom is -0.870 e. The Morgan fingerprint density at radius 2 is 0.459 bits per heavy atom. The third-order valence-corrected chi connectivity index (χ3v) is 9.83. The standard InChI is InChI=1S/6C8H5NO2.2C6H13NO3.2C2H3N.2Dy.2Fe.2H2O/c6*9-5-6-2-1-3-7(4-6)8(10)11;2*8-4-1-7(2-5-9)3-6-10;2*1-2-3;;;;;;/h6*1-4H,(H,10,11);2*8H,1-6H2;2*1H3;;;;;2*1H2/q;;;;;;2*-2;;;4*+3;;/p-8. The maximum absolute atomic E-state index is 10.2. The molecule has 0 unspecified atom stereocenters. The first-order valence-corrected chi connectivity index (χ1v) is 25.9. The molecule has 0 aliphatic rings. The number of aromatic carboxylic acids is 6. The third-order valence-electron chi connectivity index (χ3n) is 9.83. The van der Waals surface area contributed by atoms with Crippen LogP contribution in [-0.4, -0.2) is 146 Å². The summed E-state index contributed by atoms with van der Waals surface area (Å²) in [5.74, 6) is -7.57. The molecule has 0 heterocycles. The van der Waals surface area contributed by atoms with E-state index in [9.17, 15) is 79.8 Å². The van der Waals surface area contributed by atoms with E-state index in [0.29, 0.717) is 72.6 Å². The maximum Gasteiger partial charge on any atom is 3.00 e. The van der Waals surface area contributed by atoms with Crippen molar-refractivity contribution in [1.29, 1.82) is 42.1 Å². The molecule has 0 fully saturated rings. The zero-order chi connectivity index (χ0) is 70.7. The molecule has 0 aliphatic carbocycles. The smallest absolute Gasteiger partial charge is 0.870 e. The van der Waals surface area contributed by atoms with E-state index in [1.165, 1.54) is 159 Å². The Bertz CT molecular complexity index is 3020. The molecule has 0 atom stereocenters. The van der Waals surface area contributed by atoms with Crippen molar-refractivity contribution in [3.63, 3.8) is 0 Å². The normalized spacial score (nSPS) is 8.18. The number of hydrogen-bond donors (Lipinski definition) is 2. The second kappa shape index (κ2) is 74.0. The number of carbonyl (C=O) groups is 6. The van der Waals surface area contributed by atoms with Crippen LogP contribution in [0.25, 0.3) is 0 Å². The molecule has 0 aliphatic heterocycles. The molecule has 520 valence electrons. The number of aliphatic hydroxyl groups is 2. The van der Waals surface area contributed by atoms with E-state index in [0.717, 1.165) is 0 Å². The van der Waals surface area contributed by atoms with Crippen LogP contribution in [0.5, 0.6) is 0 Å². The summed E-state index contributed by atoms with van der Waals surface area (Å²) in [4.78, 5) is 64.8. The van der Waals surface area contributed by atoms with Gasteiger partial charge in [0.15, 0.2) is 0 Å². The first-order valence-electron chi connectivity index (χ1n) is 25.9. The van der Waals surface area contributed by atoms with Crippen molar-refractivity contribution in [2.75, 3.05) is 78.9 Å². The number of hydrogen-bond acceptors (Lipinski definition) is 30. The number of benzene rings is 6. The average molecular weight is 1720 g/mol. The molecule has 6 rings (SSSR count). The van der Waals surface area contributed by atoms with E-state index in [2.05, 4.69) is 0 Å². The summed E-state index contributed by atoms with van der Waals surface area (Å²) in [6.45, 7) is 4.38. The second-order valence-corrected chi connectivity index (χ2v) is 16.3. The Balaban J connectivity index is -0.000000111. The molecule has 0 amide bonds. The van der Waals surface area contributed by atoms with E-state index in [4.69, 9.17) is 52.3 Å². The Labute approximate surface area is 646 Å². The molecular weight excluding hydrogens is 1670 g/mol.